The predicted molar refractivity (Wildman–Crippen MR) is 125 cm³/mol. The molecule has 2 atom stereocenters. The van der Waals surface area contributed by atoms with E-state index < -0.39 is 29.8 Å². The molecule has 1 rings (SSSR count). The number of primary amides is 1. The van der Waals surface area contributed by atoms with Crippen LogP contribution in [0.25, 0.3) is 0 Å². The molecule has 0 heterocycles. The zero-order chi connectivity index (χ0) is 24.5. The lowest BCUT2D eigenvalue weighted by Gasteiger charge is -2.19. The summed E-state index contributed by atoms with van der Waals surface area (Å²) in [5.41, 5.74) is 5.89. The zero-order valence-electron chi connectivity index (χ0n) is 18.9. The van der Waals surface area contributed by atoms with Crippen molar-refractivity contribution in [3.05, 3.63) is 35.9 Å². The second-order valence-electron chi connectivity index (χ2n) is 6.38. The first-order valence-corrected chi connectivity index (χ1v) is 11.3. The third-order valence-corrected chi connectivity index (χ3v) is 4.86. The van der Waals surface area contributed by atoms with Crippen molar-refractivity contribution in [2.75, 3.05) is 25.1 Å². The zero-order valence-corrected chi connectivity index (χ0v) is 19.7. The van der Waals surface area contributed by atoms with Gasteiger partial charge < -0.3 is 27.0 Å². The van der Waals surface area contributed by atoms with Crippen LogP contribution in [0, 0.1) is 0 Å². The first kappa shape index (κ1) is 28.9. The van der Waals surface area contributed by atoms with Crippen LogP contribution in [0.3, 0.4) is 0 Å². The fourth-order valence-corrected chi connectivity index (χ4v) is 3.32. The van der Waals surface area contributed by atoms with Crippen molar-refractivity contribution >= 4 is 41.3 Å². The van der Waals surface area contributed by atoms with E-state index in [1.54, 1.807) is 0 Å². The maximum atomic E-state index is 12.3. The van der Waals surface area contributed by atoms with Gasteiger partial charge >= 0.3 is 0 Å². The van der Waals surface area contributed by atoms with E-state index in [4.69, 9.17) is 5.73 Å². The summed E-state index contributed by atoms with van der Waals surface area (Å²) in [5, 5.41) is 9.98. The molecule has 0 aliphatic heterocycles. The summed E-state index contributed by atoms with van der Waals surface area (Å²) < 4.78 is 0. The Morgan fingerprint density at radius 2 is 1.59 bits per heavy atom. The highest BCUT2D eigenvalue weighted by molar-refractivity contribution is 8.00. The summed E-state index contributed by atoms with van der Waals surface area (Å²) in [6, 6.07) is 7.60. The van der Waals surface area contributed by atoms with Crippen LogP contribution < -0.4 is 27.0 Å². The lowest BCUT2D eigenvalue weighted by atomic mass is 10.1. The van der Waals surface area contributed by atoms with Crippen LogP contribution in [0.1, 0.15) is 26.3 Å². The largest absolute Gasteiger partial charge is 0.368 e. The number of nitrogens with one attached hydrogen (secondary N) is 4. The van der Waals surface area contributed by atoms with Gasteiger partial charge in [-0.3, -0.25) is 24.0 Å². The van der Waals surface area contributed by atoms with Crippen LogP contribution in [0.4, 0.5) is 0 Å². The van der Waals surface area contributed by atoms with Gasteiger partial charge in [-0.05, 0) is 5.56 Å². The molecular weight excluding hydrogens is 434 g/mol. The number of rotatable bonds is 12. The topological polar surface area (TPSA) is 159 Å². The molecule has 178 valence electrons. The summed E-state index contributed by atoms with van der Waals surface area (Å²) in [5.74, 6) is -2.35. The summed E-state index contributed by atoms with van der Waals surface area (Å²) in [4.78, 5) is 58.6. The third kappa shape index (κ3) is 12.6. The molecule has 0 saturated carbocycles. The van der Waals surface area contributed by atoms with Gasteiger partial charge in [0.15, 0.2) is 0 Å². The Hall–Kier alpha value is -3.08. The molecule has 0 saturated heterocycles. The standard InChI is InChI=1S/C19H27N5O5S.C2H6/c1-12(25)23-15(19(29)22-9-16(20)26)10-30-11-17(27)24-14(18(28)21-2)8-13-6-4-3-5-7-13;1-2/h3-7,14-15H,8-11H2,1-2H3,(H2,20,26)(H,21,28)(H,22,29)(H,23,25)(H,24,27);1-2H3/t14-,15-;/m0./s1. The normalized spacial score (nSPS) is 11.6. The Kier molecular flexibility index (Phi) is 15.0. The van der Waals surface area contributed by atoms with Gasteiger partial charge in [0.25, 0.3) is 0 Å². The summed E-state index contributed by atoms with van der Waals surface area (Å²) in [6.07, 6.45) is 0.334. The van der Waals surface area contributed by atoms with Gasteiger partial charge in [0.1, 0.15) is 12.1 Å². The number of benzene rings is 1. The molecular formula is C21H33N5O5S. The molecule has 0 spiro atoms. The lowest BCUT2D eigenvalue weighted by molar-refractivity contribution is -0.128. The van der Waals surface area contributed by atoms with Crippen molar-refractivity contribution in [1.82, 2.24) is 21.3 Å². The maximum absolute atomic E-state index is 12.3. The van der Waals surface area contributed by atoms with E-state index in [0.717, 1.165) is 17.3 Å². The minimum atomic E-state index is -0.932. The van der Waals surface area contributed by atoms with Crippen molar-refractivity contribution in [2.45, 2.75) is 39.3 Å². The first-order valence-electron chi connectivity index (χ1n) is 10.2. The average molecular weight is 468 g/mol. The van der Waals surface area contributed by atoms with Crippen LogP contribution >= 0.6 is 11.8 Å². The number of amides is 5. The van der Waals surface area contributed by atoms with E-state index in [0.29, 0.717) is 6.42 Å². The minimum Gasteiger partial charge on any atom is -0.368 e. The van der Waals surface area contributed by atoms with Crippen LogP contribution in [0.15, 0.2) is 30.3 Å². The number of carbonyl (C=O) groups is 5. The number of carbonyl (C=O) groups excluding carboxylic acids is 5. The minimum absolute atomic E-state index is 0.0263. The predicted octanol–water partition coefficient (Wildman–Crippen LogP) is -0.674. The van der Waals surface area contributed by atoms with Crippen LogP contribution in [-0.4, -0.2) is 66.7 Å². The average Bonchev–Trinajstić information content (AvgIpc) is 2.77. The monoisotopic (exact) mass is 467 g/mol. The third-order valence-electron chi connectivity index (χ3n) is 3.83. The molecule has 32 heavy (non-hydrogen) atoms. The van der Waals surface area contributed by atoms with Crippen LogP contribution in [-0.2, 0) is 30.4 Å². The molecule has 0 aliphatic carbocycles. The second-order valence-corrected chi connectivity index (χ2v) is 7.41. The Morgan fingerprint density at radius 3 is 2.12 bits per heavy atom. The van der Waals surface area contributed by atoms with E-state index in [-0.39, 0.29) is 29.9 Å². The van der Waals surface area contributed by atoms with Gasteiger partial charge in [0.2, 0.25) is 29.5 Å². The summed E-state index contributed by atoms with van der Waals surface area (Å²) in [6.45, 7) is 4.90. The lowest BCUT2D eigenvalue weighted by Crippen LogP contribution is -2.50. The molecule has 0 unspecified atom stereocenters. The molecule has 0 radical (unpaired) electrons. The Morgan fingerprint density at radius 1 is 0.969 bits per heavy atom. The number of hydrogen-bond donors (Lipinski definition) is 5. The molecule has 6 N–H and O–H groups in total. The van der Waals surface area contributed by atoms with Crippen molar-refractivity contribution in [3.63, 3.8) is 0 Å². The van der Waals surface area contributed by atoms with Gasteiger partial charge in [-0.2, -0.15) is 0 Å². The van der Waals surface area contributed by atoms with E-state index >= 15 is 0 Å². The molecule has 0 fully saturated rings. The van der Waals surface area contributed by atoms with Gasteiger partial charge in [-0.1, -0.05) is 44.2 Å². The van der Waals surface area contributed by atoms with Gasteiger partial charge in [0.05, 0.1) is 12.3 Å². The fourth-order valence-electron chi connectivity index (χ4n) is 2.46. The first-order chi connectivity index (χ1) is 15.2. The maximum Gasteiger partial charge on any atom is 0.243 e. The number of likely N-dealkylation sites (N-methyl/N-ethyl adjacent to an activating group) is 1. The van der Waals surface area contributed by atoms with E-state index in [1.165, 1.54) is 14.0 Å². The molecule has 1 aromatic rings. The van der Waals surface area contributed by atoms with Gasteiger partial charge in [0, 0.05) is 26.1 Å². The van der Waals surface area contributed by atoms with E-state index in [2.05, 4.69) is 21.3 Å². The van der Waals surface area contributed by atoms with Crippen molar-refractivity contribution in [2.24, 2.45) is 5.73 Å². The van der Waals surface area contributed by atoms with Crippen LogP contribution in [0.2, 0.25) is 0 Å². The molecule has 5 amide bonds. The van der Waals surface area contributed by atoms with E-state index in [1.807, 2.05) is 44.2 Å². The molecule has 11 heteroatoms. The molecule has 1 aromatic carbocycles. The quantitative estimate of drug-likeness (QED) is 0.274. The summed E-state index contributed by atoms with van der Waals surface area (Å²) >= 11 is 1.11. The van der Waals surface area contributed by atoms with Crippen molar-refractivity contribution in [3.8, 4) is 0 Å². The molecule has 0 bridgehead atoms. The van der Waals surface area contributed by atoms with Crippen molar-refractivity contribution in [1.29, 1.82) is 0 Å². The Bertz CT molecular complexity index is 760. The van der Waals surface area contributed by atoms with Gasteiger partial charge in [-0.15, -0.1) is 11.8 Å². The molecule has 0 aliphatic rings. The number of nitrogens with two attached hydrogens (primary N) is 1. The van der Waals surface area contributed by atoms with Gasteiger partial charge in [-0.25, -0.2) is 0 Å². The Labute approximate surface area is 192 Å². The number of hydrogen-bond acceptors (Lipinski definition) is 6. The highest BCUT2D eigenvalue weighted by Crippen LogP contribution is 2.06. The highest BCUT2D eigenvalue weighted by atomic mass is 32.2. The van der Waals surface area contributed by atoms with Crippen LogP contribution in [0.5, 0.6) is 0 Å². The van der Waals surface area contributed by atoms with Crippen molar-refractivity contribution < 1.29 is 24.0 Å². The number of thioether (sulfide) groups is 1. The highest BCUT2D eigenvalue weighted by Gasteiger charge is 2.22. The SMILES string of the molecule is CC.CNC(=O)[C@H](Cc1ccccc1)NC(=O)CSC[C@H](NC(C)=O)C(=O)NCC(N)=O. The van der Waals surface area contributed by atoms with E-state index in [9.17, 15) is 24.0 Å². The second kappa shape index (κ2) is 16.6. The summed E-state index contributed by atoms with van der Waals surface area (Å²) in [7, 11) is 1.49. The molecule has 10 nitrogen and oxygen atoms in total. The molecule has 0 aromatic heterocycles. The smallest absolute Gasteiger partial charge is 0.243 e. The Balaban J connectivity index is 0.00000466. The fraction of sp³-hybridized carbons (Fsp3) is 0.476.